The van der Waals surface area contributed by atoms with Gasteiger partial charge in [0.15, 0.2) is 0 Å². The summed E-state index contributed by atoms with van der Waals surface area (Å²) in [6.07, 6.45) is -0.314. The highest BCUT2D eigenvalue weighted by atomic mass is 16.6. The molecule has 0 aliphatic heterocycles. The zero-order valence-electron chi connectivity index (χ0n) is 14.1. The Morgan fingerprint density at radius 1 is 1.18 bits per heavy atom. The molecule has 22 heavy (non-hydrogen) atoms. The van der Waals surface area contributed by atoms with Gasteiger partial charge in [0.2, 0.25) is 0 Å². The van der Waals surface area contributed by atoms with Gasteiger partial charge in [0.1, 0.15) is 25.1 Å². The van der Waals surface area contributed by atoms with Gasteiger partial charge >= 0.3 is 5.97 Å². The van der Waals surface area contributed by atoms with Crippen molar-refractivity contribution in [1.29, 1.82) is 0 Å². The standard InChI is InChI=1S/C18H26O4/c1-13(2)17(19)22-12-16(20-6)11-21-15-9-7-14(8-10-15)18(3,4)5/h7-10,16H,1,11-12H2,2-6H3. The SMILES string of the molecule is C=C(C)C(=O)OCC(COc1ccc(C(C)(C)C)cc1)OC. The van der Waals surface area contributed by atoms with Crippen LogP contribution in [0, 0.1) is 0 Å². The Bertz CT molecular complexity index is 497. The van der Waals surface area contributed by atoms with Gasteiger partial charge in [-0.15, -0.1) is 0 Å². The Morgan fingerprint density at radius 2 is 1.77 bits per heavy atom. The van der Waals surface area contributed by atoms with Gasteiger partial charge in [-0.25, -0.2) is 4.79 Å². The fourth-order valence-electron chi connectivity index (χ4n) is 1.72. The number of hydrogen-bond donors (Lipinski definition) is 0. The van der Waals surface area contributed by atoms with Crippen LogP contribution in [0.4, 0.5) is 0 Å². The number of ether oxygens (including phenoxy) is 3. The minimum absolute atomic E-state index is 0.115. The summed E-state index contributed by atoms with van der Waals surface area (Å²) in [7, 11) is 1.56. The van der Waals surface area contributed by atoms with Crippen molar-refractivity contribution in [2.75, 3.05) is 20.3 Å². The molecule has 0 spiro atoms. The molecule has 0 bridgehead atoms. The summed E-state index contributed by atoms with van der Waals surface area (Å²) in [5.41, 5.74) is 1.73. The smallest absolute Gasteiger partial charge is 0.333 e. The summed E-state index contributed by atoms with van der Waals surface area (Å²) < 4.78 is 16.0. The first kappa shape index (κ1) is 18.2. The van der Waals surface area contributed by atoms with E-state index in [1.165, 1.54) is 5.56 Å². The monoisotopic (exact) mass is 306 g/mol. The molecule has 1 rings (SSSR count). The van der Waals surface area contributed by atoms with Crippen LogP contribution < -0.4 is 4.74 Å². The van der Waals surface area contributed by atoms with Crippen LogP contribution in [0.25, 0.3) is 0 Å². The highest BCUT2D eigenvalue weighted by molar-refractivity contribution is 5.86. The molecule has 0 N–H and O–H groups in total. The van der Waals surface area contributed by atoms with Crippen molar-refractivity contribution < 1.29 is 19.0 Å². The van der Waals surface area contributed by atoms with E-state index in [1.54, 1.807) is 14.0 Å². The Kier molecular flexibility index (Phi) is 6.62. The molecule has 1 atom stereocenters. The van der Waals surface area contributed by atoms with Gasteiger partial charge in [0.25, 0.3) is 0 Å². The zero-order valence-corrected chi connectivity index (χ0v) is 14.1. The molecule has 4 heteroatoms. The Labute approximate surface area is 133 Å². The molecular weight excluding hydrogens is 280 g/mol. The van der Waals surface area contributed by atoms with Crippen LogP contribution in [0.1, 0.15) is 33.3 Å². The Hall–Kier alpha value is -1.81. The van der Waals surface area contributed by atoms with Gasteiger partial charge in [0.05, 0.1) is 0 Å². The predicted molar refractivity (Wildman–Crippen MR) is 87.2 cm³/mol. The second-order valence-corrected chi connectivity index (χ2v) is 6.32. The predicted octanol–water partition coefficient (Wildman–Crippen LogP) is 3.50. The minimum atomic E-state index is -0.420. The third-order valence-corrected chi connectivity index (χ3v) is 3.24. The van der Waals surface area contributed by atoms with Crippen molar-refractivity contribution in [2.24, 2.45) is 0 Å². The molecule has 122 valence electrons. The van der Waals surface area contributed by atoms with E-state index in [4.69, 9.17) is 14.2 Å². The van der Waals surface area contributed by atoms with Crippen LogP contribution >= 0.6 is 0 Å². The van der Waals surface area contributed by atoms with Crippen LogP contribution in [0.2, 0.25) is 0 Å². The highest BCUT2D eigenvalue weighted by Gasteiger charge is 2.15. The number of carbonyl (C=O) groups excluding carboxylic acids is 1. The lowest BCUT2D eigenvalue weighted by atomic mass is 9.87. The number of benzene rings is 1. The van der Waals surface area contributed by atoms with Gasteiger partial charge in [-0.05, 0) is 30.0 Å². The number of esters is 1. The van der Waals surface area contributed by atoms with Gasteiger partial charge in [-0.2, -0.15) is 0 Å². The molecule has 0 aliphatic rings. The topological polar surface area (TPSA) is 44.8 Å². The van der Waals surface area contributed by atoms with Gasteiger partial charge in [-0.3, -0.25) is 0 Å². The molecule has 4 nitrogen and oxygen atoms in total. The third kappa shape index (κ3) is 5.90. The molecule has 1 aromatic carbocycles. The van der Waals surface area contributed by atoms with E-state index in [0.29, 0.717) is 12.2 Å². The lowest BCUT2D eigenvalue weighted by Crippen LogP contribution is -2.27. The van der Waals surface area contributed by atoms with Crippen molar-refractivity contribution in [2.45, 2.75) is 39.2 Å². The number of methoxy groups -OCH3 is 1. The fourth-order valence-corrected chi connectivity index (χ4v) is 1.72. The lowest BCUT2D eigenvalue weighted by molar-refractivity contribution is -0.143. The van der Waals surface area contributed by atoms with Crippen LogP contribution in [0.15, 0.2) is 36.4 Å². The molecule has 1 unspecified atom stereocenters. The molecule has 0 saturated carbocycles. The van der Waals surface area contributed by atoms with Gasteiger partial charge < -0.3 is 14.2 Å². The van der Waals surface area contributed by atoms with Crippen molar-refractivity contribution in [1.82, 2.24) is 0 Å². The normalized spacial score (nSPS) is 12.6. The second kappa shape index (κ2) is 7.99. The molecule has 0 saturated heterocycles. The Balaban J connectivity index is 2.49. The fraction of sp³-hybridized carbons (Fsp3) is 0.500. The molecule has 0 aromatic heterocycles. The van der Waals surface area contributed by atoms with E-state index < -0.39 is 5.97 Å². The van der Waals surface area contributed by atoms with Crippen molar-refractivity contribution in [3.05, 3.63) is 42.0 Å². The lowest BCUT2D eigenvalue weighted by Gasteiger charge is -2.20. The summed E-state index contributed by atoms with van der Waals surface area (Å²) in [6, 6.07) is 7.98. The second-order valence-electron chi connectivity index (χ2n) is 6.32. The molecule has 1 aromatic rings. The molecular formula is C18H26O4. The van der Waals surface area contributed by atoms with Crippen molar-refractivity contribution in [3.8, 4) is 5.75 Å². The average Bonchev–Trinajstić information content (AvgIpc) is 2.46. The molecule has 0 heterocycles. The van der Waals surface area contributed by atoms with E-state index in [0.717, 1.165) is 5.75 Å². The van der Waals surface area contributed by atoms with E-state index in [9.17, 15) is 4.79 Å². The molecule has 0 amide bonds. The van der Waals surface area contributed by atoms with Crippen LogP contribution in [-0.2, 0) is 19.7 Å². The number of rotatable bonds is 7. The number of carbonyl (C=O) groups is 1. The Morgan fingerprint density at radius 3 is 2.23 bits per heavy atom. The van der Waals surface area contributed by atoms with Gasteiger partial charge in [0, 0.05) is 12.7 Å². The minimum Gasteiger partial charge on any atom is -0.491 e. The van der Waals surface area contributed by atoms with Crippen LogP contribution in [0.3, 0.4) is 0 Å². The van der Waals surface area contributed by atoms with E-state index in [1.807, 2.05) is 12.1 Å². The molecule has 0 fully saturated rings. The first-order valence-corrected chi connectivity index (χ1v) is 7.33. The maximum atomic E-state index is 11.4. The average molecular weight is 306 g/mol. The summed E-state index contributed by atoms with van der Waals surface area (Å²) in [5, 5.41) is 0. The van der Waals surface area contributed by atoms with Gasteiger partial charge in [-0.1, -0.05) is 39.5 Å². The third-order valence-electron chi connectivity index (χ3n) is 3.24. The van der Waals surface area contributed by atoms with E-state index in [-0.39, 0.29) is 18.1 Å². The number of hydrogen-bond acceptors (Lipinski definition) is 4. The van der Waals surface area contributed by atoms with Crippen molar-refractivity contribution >= 4 is 5.97 Å². The first-order valence-electron chi connectivity index (χ1n) is 7.33. The highest BCUT2D eigenvalue weighted by Crippen LogP contribution is 2.24. The van der Waals surface area contributed by atoms with Crippen LogP contribution in [0.5, 0.6) is 5.75 Å². The summed E-state index contributed by atoms with van der Waals surface area (Å²) in [5.74, 6) is 0.345. The zero-order chi connectivity index (χ0) is 16.8. The van der Waals surface area contributed by atoms with Crippen LogP contribution in [-0.4, -0.2) is 32.4 Å². The van der Waals surface area contributed by atoms with E-state index in [2.05, 4.69) is 39.5 Å². The summed E-state index contributed by atoms with van der Waals surface area (Å²) >= 11 is 0. The maximum absolute atomic E-state index is 11.4. The maximum Gasteiger partial charge on any atom is 0.333 e. The largest absolute Gasteiger partial charge is 0.491 e. The summed E-state index contributed by atoms with van der Waals surface area (Å²) in [4.78, 5) is 11.4. The molecule has 0 aliphatic carbocycles. The summed E-state index contributed by atoms with van der Waals surface area (Å²) in [6.45, 7) is 12.1. The molecule has 0 radical (unpaired) electrons. The quantitative estimate of drug-likeness (QED) is 0.571. The first-order chi connectivity index (χ1) is 10.2. The van der Waals surface area contributed by atoms with E-state index >= 15 is 0 Å². The van der Waals surface area contributed by atoms with Crippen molar-refractivity contribution in [3.63, 3.8) is 0 Å².